The van der Waals surface area contributed by atoms with Crippen molar-refractivity contribution in [3.05, 3.63) is 40.1 Å². The van der Waals surface area contributed by atoms with E-state index in [1.54, 1.807) is 6.20 Å². The van der Waals surface area contributed by atoms with Crippen LogP contribution in [0, 0.1) is 5.92 Å². The molecule has 0 aromatic carbocycles. The second-order valence-corrected chi connectivity index (χ2v) is 9.58. The van der Waals surface area contributed by atoms with Crippen molar-refractivity contribution in [3.63, 3.8) is 0 Å². The van der Waals surface area contributed by atoms with Gasteiger partial charge in [0.1, 0.15) is 0 Å². The molecule has 28 heavy (non-hydrogen) atoms. The molecular weight excluding hydrogens is 410 g/mol. The number of thioether (sulfide) groups is 1. The predicted molar refractivity (Wildman–Crippen MR) is 116 cm³/mol. The summed E-state index contributed by atoms with van der Waals surface area (Å²) in [6, 6.07) is 0. The molecule has 0 spiro atoms. The number of anilines is 1. The summed E-state index contributed by atoms with van der Waals surface area (Å²) in [6.45, 7) is 6.80. The number of hydrogen-bond acceptors (Lipinski definition) is 7. The van der Waals surface area contributed by atoms with Crippen LogP contribution >= 0.6 is 34.4 Å². The van der Waals surface area contributed by atoms with Gasteiger partial charge in [0.05, 0.1) is 5.75 Å². The van der Waals surface area contributed by atoms with E-state index in [4.69, 9.17) is 0 Å². The number of nitrogens with zero attached hydrogens (tertiary/aromatic N) is 4. The molecule has 9 heteroatoms. The average molecular weight is 432 g/mol. The summed E-state index contributed by atoms with van der Waals surface area (Å²) in [5.41, 5.74) is 2.60. The first-order valence-corrected chi connectivity index (χ1v) is 11.9. The Morgan fingerprint density at radius 1 is 1.46 bits per heavy atom. The molecule has 1 N–H and O–H groups in total. The first-order chi connectivity index (χ1) is 13.7. The number of rotatable bonds is 7. The number of aromatic nitrogens is 4. The zero-order valence-corrected chi connectivity index (χ0v) is 18.0. The number of thiophene rings is 1. The minimum atomic E-state index is -0.100. The standard InChI is InChI=1S/C19H21N5OS3/c1-3-7-24-17(14-10-27-15-9-12(2)4-5-13(14)15)22-23-19(24)28-11-16(25)21-18-20-6-8-26-18/h3,6,8,10,12H,1,4-5,7,9,11H2,2H3,(H,20,21,25). The molecule has 1 atom stereocenters. The van der Waals surface area contributed by atoms with Crippen molar-refractivity contribution < 1.29 is 4.79 Å². The number of nitrogens with one attached hydrogen (secondary N) is 1. The molecule has 146 valence electrons. The van der Waals surface area contributed by atoms with Crippen LogP contribution in [0.5, 0.6) is 0 Å². The molecule has 0 bridgehead atoms. The number of hydrogen-bond donors (Lipinski definition) is 1. The zero-order valence-electron chi connectivity index (χ0n) is 15.6. The lowest BCUT2D eigenvalue weighted by molar-refractivity contribution is -0.113. The van der Waals surface area contributed by atoms with E-state index in [9.17, 15) is 4.79 Å². The fraction of sp³-hybridized carbons (Fsp3) is 0.368. The summed E-state index contributed by atoms with van der Waals surface area (Å²) in [5.74, 6) is 1.77. The maximum Gasteiger partial charge on any atom is 0.236 e. The number of amides is 1. The second kappa shape index (κ2) is 8.59. The van der Waals surface area contributed by atoms with Gasteiger partial charge >= 0.3 is 0 Å². The summed E-state index contributed by atoms with van der Waals surface area (Å²) in [6.07, 6.45) is 6.96. The Hall–Kier alpha value is -1.97. The van der Waals surface area contributed by atoms with Gasteiger partial charge in [0.15, 0.2) is 16.1 Å². The molecule has 0 saturated carbocycles. The first-order valence-electron chi connectivity index (χ1n) is 9.11. The average Bonchev–Trinajstić information content (AvgIpc) is 3.40. The van der Waals surface area contributed by atoms with Crippen LogP contribution in [0.25, 0.3) is 11.4 Å². The van der Waals surface area contributed by atoms with Crippen molar-refractivity contribution in [3.8, 4) is 11.4 Å². The third kappa shape index (κ3) is 4.06. The lowest BCUT2D eigenvalue weighted by Gasteiger charge is -2.19. The van der Waals surface area contributed by atoms with Crippen LogP contribution in [-0.2, 0) is 24.2 Å². The Kier molecular flexibility index (Phi) is 5.93. The summed E-state index contributed by atoms with van der Waals surface area (Å²) in [7, 11) is 0. The van der Waals surface area contributed by atoms with Crippen molar-refractivity contribution in [1.29, 1.82) is 0 Å². The highest BCUT2D eigenvalue weighted by molar-refractivity contribution is 7.99. The van der Waals surface area contributed by atoms with Crippen molar-refractivity contribution in [1.82, 2.24) is 19.7 Å². The van der Waals surface area contributed by atoms with E-state index < -0.39 is 0 Å². The van der Waals surface area contributed by atoms with Crippen LogP contribution in [0.1, 0.15) is 23.8 Å². The minimum absolute atomic E-state index is 0.100. The number of carbonyl (C=O) groups excluding carboxylic acids is 1. The van der Waals surface area contributed by atoms with Crippen molar-refractivity contribution in [2.45, 2.75) is 37.9 Å². The van der Waals surface area contributed by atoms with Gasteiger partial charge in [-0.15, -0.1) is 39.4 Å². The molecule has 1 amide bonds. The van der Waals surface area contributed by atoms with E-state index in [0.29, 0.717) is 11.7 Å². The Balaban J connectivity index is 1.53. The van der Waals surface area contributed by atoms with Crippen LogP contribution in [0.3, 0.4) is 0 Å². The van der Waals surface area contributed by atoms with E-state index in [2.05, 4.69) is 43.9 Å². The smallest absolute Gasteiger partial charge is 0.236 e. The molecule has 3 aromatic heterocycles. The number of allylic oxidation sites excluding steroid dienone is 1. The Morgan fingerprint density at radius 3 is 3.14 bits per heavy atom. The summed E-state index contributed by atoms with van der Waals surface area (Å²) < 4.78 is 2.05. The lowest BCUT2D eigenvalue weighted by Crippen LogP contribution is -2.14. The number of thiazole rings is 1. The predicted octanol–water partition coefficient (Wildman–Crippen LogP) is 4.50. The maximum absolute atomic E-state index is 12.2. The molecule has 0 aliphatic heterocycles. The molecule has 1 unspecified atom stereocenters. The van der Waals surface area contributed by atoms with Gasteiger partial charge in [-0.1, -0.05) is 24.8 Å². The normalized spacial score (nSPS) is 16.0. The Labute approximate surface area is 176 Å². The Morgan fingerprint density at radius 2 is 2.36 bits per heavy atom. The van der Waals surface area contributed by atoms with Gasteiger partial charge in [0, 0.05) is 33.9 Å². The molecule has 0 radical (unpaired) electrons. The summed E-state index contributed by atoms with van der Waals surface area (Å²) in [5, 5.41) is 17.0. The molecule has 0 fully saturated rings. The molecular formula is C19H21N5OS3. The number of carbonyl (C=O) groups is 1. The molecule has 1 aliphatic rings. The highest BCUT2D eigenvalue weighted by Crippen LogP contribution is 2.38. The van der Waals surface area contributed by atoms with Crippen LogP contribution < -0.4 is 5.32 Å². The van der Waals surface area contributed by atoms with Gasteiger partial charge in [-0.25, -0.2) is 4.98 Å². The number of fused-ring (bicyclic) bond motifs is 1. The second-order valence-electron chi connectivity index (χ2n) is 6.78. The fourth-order valence-electron chi connectivity index (χ4n) is 3.32. The van der Waals surface area contributed by atoms with Crippen LogP contribution in [0.2, 0.25) is 0 Å². The zero-order chi connectivity index (χ0) is 19.5. The van der Waals surface area contributed by atoms with Crippen molar-refractivity contribution in [2.24, 2.45) is 5.92 Å². The quantitative estimate of drug-likeness (QED) is 0.440. The molecule has 0 saturated heterocycles. The summed E-state index contributed by atoms with van der Waals surface area (Å²) in [4.78, 5) is 17.7. The highest BCUT2D eigenvalue weighted by atomic mass is 32.2. The highest BCUT2D eigenvalue weighted by Gasteiger charge is 2.24. The van der Waals surface area contributed by atoms with Crippen molar-refractivity contribution >= 4 is 45.5 Å². The fourth-order valence-corrected chi connectivity index (χ4v) is 5.86. The minimum Gasteiger partial charge on any atom is -0.301 e. The van der Waals surface area contributed by atoms with Gasteiger partial charge in [-0.2, -0.15) is 0 Å². The van der Waals surface area contributed by atoms with Gasteiger partial charge in [-0.3, -0.25) is 9.36 Å². The first kappa shape index (κ1) is 19.4. The van der Waals surface area contributed by atoms with Crippen molar-refractivity contribution in [2.75, 3.05) is 11.1 Å². The van der Waals surface area contributed by atoms with Gasteiger partial charge in [-0.05, 0) is 30.7 Å². The van der Waals surface area contributed by atoms with Crippen LogP contribution in [0.4, 0.5) is 5.13 Å². The van der Waals surface area contributed by atoms with E-state index in [1.807, 2.05) is 22.8 Å². The molecule has 4 rings (SSSR count). The third-order valence-corrected chi connectivity index (χ3v) is 7.39. The van der Waals surface area contributed by atoms with E-state index in [0.717, 1.165) is 29.7 Å². The third-order valence-electron chi connectivity index (χ3n) is 4.68. The van der Waals surface area contributed by atoms with Gasteiger partial charge in [0.25, 0.3) is 0 Å². The molecule has 3 heterocycles. The SMILES string of the molecule is C=CCn1c(SCC(=O)Nc2nccs2)nnc1-c1csc2c1CCC(C)C2. The molecule has 3 aromatic rings. The van der Waals surface area contributed by atoms with Crippen LogP contribution in [-0.4, -0.2) is 31.4 Å². The monoisotopic (exact) mass is 431 g/mol. The largest absolute Gasteiger partial charge is 0.301 e. The van der Waals surface area contributed by atoms with Gasteiger partial charge in [0.2, 0.25) is 5.91 Å². The van der Waals surface area contributed by atoms with Gasteiger partial charge < -0.3 is 5.32 Å². The topological polar surface area (TPSA) is 72.7 Å². The van der Waals surface area contributed by atoms with Crippen LogP contribution in [0.15, 0.2) is 34.8 Å². The lowest BCUT2D eigenvalue weighted by atomic mass is 9.88. The van der Waals surface area contributed by atoms with E-state index >= 15 is 0 Å². The summed E-state index contributed by atoms with van der Waals surface area (Å²) >= 11 is 4.61. The molecule has 1 aliphatic carbocycles. The Bertz CT molecular complexity index is 976. The van der Waals surface area contributed by atoms with E-state index in [1.165, 1.54) is 45.5 Å². The maximum atomic E-state index is 12.2. The van der Waals surface area contributed by atoms with E-state index in [-0.39, 0.29) is 11.7 Å². The molecule has 6 nitrogen and oxygen atoms in total.